The summed E-state index contributed by atoms with van der Waals surface area (Å²) in [5.41, 5.74) is 6.24. The summed E-state index contributed by atoms with van der Waals surface area (Å²) in [7, 11) is -2.26. The number of nitrogens with one attached hydrogen (secondary N) is 1. The fourth-order valence-electron chi connectivity index (χ4n) is 3.27. The average Bonchev–Trinajstić information content (AvgIpc) is 3.07. The van der Waals surface area contributed by atoms with Crippen LogP contribution in [0.5, 0.6) is 0 Å². The van der Waals surface area contributed by atoms with Crippen LogP contribution in [0.2, 0.25) is 5.02 Å². The Morgan fingerprint density at radius 3 is 2.61 bits per heavy atom. The van der Waals surface area contributed by atoms with E-state index in [2.05, 4.69) is 9.62 Å². The zero-order valence-corrected chi connectivity index (χ0v) is 17.0. The standard InChI is InChI=1S/C18H23ClN4O4S/c1-22-12-13(10-16(22)18(20)24)28(25,26)21-11-17(23-6-8-27-9-7-23)14-4-2-3-5-15(14)19/h2-5,10,12,17,21H,6-9,11H2,1H3,(H2,20,24). The Morgan fingerprint density at radius 1 is 1.32 bits per heavy atom. The van der Waals surface area contributed by atoms with E-state index in [4.69, 9.17) is 22.1 Å². The number of nitrogens with two attached hydrogens (primary N) is 1. The first-order valence-electron chi connectivity index (χ1n) is 8.81. The van der Waals surface area contributed by atoms with Crippen LogP contribution in [-0.2, 0) is 21.8 Å². The van der Waals surface area contributed by atoms with E-state index >= 15 is 0 Å². The number of ether oxygens (including phenoxy) is 1. The minimum atomic E-state index is -3.83. The largest absolute Gasteiger partial charge is 0.379 e. The first kappa shape index (κ1) is 20.8. The molecular weight excluding hydrogens is 404 g/mol. The number of rotatable bonds is 7. The van der Waals surface area contributed by atoms with Gasteiger partial charge in [-0.15, -0.1) is 0 Å². The van der Waals surface area contributed by atoms with E-state index in [-0.39, 0.29) is 23.2 Å². The molecule has 2 aromatic rings. The third-order valence-corrected chi connectivity index (χ3v) is 6.49. The third-order valence-electron chi connectivity index (χ3n) is 4.76. The molecule has 0 spiro atoms. The molecule has 3 rings (SSSR count). The van der Waals surface area contributed by atoms with Crippen molar-refractivity contribution >= 4 is 27.5 Å². The van der Waals surface area contributed by atoms with Crippen molar-refractivity contribution in [3.8, 4) is 0 Å². The van der Waals surface area contributed by atoms with Crippen molar-refractivity contribution in [2.45, 2.75) is 10.9 Å². The Bertz CT molecular complexity index is 954. The molecule has 1 aromatic heterocycles. The monoisotopic (exact) mass is 426 g/mol. The Morgan fingerprint density at radius 2 is 2.00 bits per heavy atom. The second-order valence-corrected chi connectivity index (χ2v) is 8.75. The highest BCUT2D eigenvalue weighted by atomic mass is 35.5. The zero-order valence-electron chi connectivity index (χ0n) is 15.5. The van der Waals surface area contributed by atoms with Crippen molar-refractivity contribution in [2.24, 2.45) is 12.8 Å². The summed E-state index contributed by atoms with van der Waals surface area (Å²) in [4.78, 5) is 13.5. The molecule has 152 valence electrons. The third kappa shape index (κ3) is 4.56. The molecule has 0 radical (unpaired) electrons. The number of halogens is 1. The second kappa shape index (κ2) is 8.62. The average molecular weight is 427 g/mol. The van der Waals surface area contributed by atoms with E-state index in [0.717, 1.165) is 5.56 Å². The van der Waals surface area contributed by atoms with E-state index in [0.29, 0.717) is 31.3 Å². The lowest BCUT2D eigenvalue weighted by Gasteiger charge is -2.35. The van der Waals surface area contributed by atoms with E-state index in [1.54, 1.807) is 13.1 Å². The van der Waals surface area contributed by atoms with Gasteiger partial charge in [0.15, 0.2) is 0 Å². The number of carbonyl (C=O) groups is 1. The minimum absolute atomic E-state index is 0.0105. The van der Waals surface area contributed by atoms with E-state index in [9.17, 15) is 13.2 Å². The molecule has 1 unspecified atom stereocenters. The summed E-state index contributed by atoms with van der Waals surface area (Å²) in [5, 5.41) is 0.578. The number of benzene rings is 1. The fourth-order valence-corrected chi connectivity index (χ4v) is 4.64. The first-order chi connectivity index (χ1) is 13.3. The number of sulfonamides is 1. The number of amides is 1. The number of aromatic nitrogens is 1. The van der Waals surface area contributed by atoms with Gasteiger partial charge in [0.05, 0.1) is 13.2 Å². The van der Waals surface area contributed by atoms with Crippen LogP contribution < -0.4 is 10.5 Å². The molecule has 0 saturated carbocycles. The van der Waals surface area contributed by atoms with Gasteiger partial charge in [0.25, 0.3) is 5.91 Å². The topological polar surface area (TPSA) is 107 Å². The fraction of sp³-hybridized carbons (Fsp3) is 0.389. The summed E-state index contributed by atoms with van der Waals surface area (Å²) in [6.07, 6.45) is 1.36. The molecule has 28 heavy (non-hydrogen) atoms. The maximum absolute atomic E-state index is 12.8. The van der Waals surface area contributed by atoms with Crippen LogP contribution in [0.25, 0.3) is 0 Å². The van der Waals surface area contributed by atoms with E-state index in [1.165, 1.54) is 16.8 Å². The molecule has 8 nitrogen and oxygen atoms in total. The van der Waals surface area contributed by atoms with E-state index in [1.807, 2.05) is 18.2 Å². The van der Waals surface area contributed by atoms with Crippen molar-refractivity contribution in [1.82, 2.24) is 14.2 Å². The maximum atomic E-state index is 12.8. The SMILES string of the molecule is Cn1cc(S(=O)(=O)NCC(c2ccccc2Cl)N2CCOCC2)cc1C(N)=O. The van der Waals surface area contributed by atoms with Crippen LogP contribution in [0.15, 0.2) is 41.4 Å². The number of primary amides is 1. The van der Waals surface area contributed by atoms with Gasteiger partial charge in [0, 0.05) is 43.9 Å². The number of hydrogen-bond acceptors (Lipinski definition) is 5. The molecule has 0 bridgehead atoms. The smallest absolute Gasteiger partial charge is 0.265 e. The van der Waals surface area contributed by atoms with Gasteiger partial charge in [-0.05, 0) is 17.7 Å². The van der Waals surface area contributed by atoms with Gasteiger partial charge >= 0.3 is 0 Å². The molecule has 1 saturated heterocycles. The highest BCUT2D eigenvalue weighted by molar-refractivity contribution is 7.89. The van der Waals surface area contributed by atoms with Crippen molar-refractivity contribution in [3.63, 3.8) is 0 Å². The lowest BCUT2D eigenvalue weighted by molar-refractivity contribution is 0.0172. The Balaban J connectivity index is 1.84. The number of morpholine rings is 1. The highest BCUT2D eigenvalue weighted by Crippen LogP contribution is 2.28. The van der Waals surface area contributed by atoms with Crippen molar-refractivity contribution < 1.29 is 17.9 Å². The van der Waals surface area contributed by atoms with Crippen LogP contribution in [0, 0.1) is 0 Å². The van der Waals surface area contributed by atoms with Crippen LogP contribution >= 0.6 is 11.6 Å². The first-order valence-corrected chi connectivity index (χ1v) is 10.7. The van der Waals surface area contributed by atoms with Gasteiger partial charge in [-0.3, -0.25) is 9.69 Å². The number of carbonyl (C=O) groups excluding carboxylic acids is 1. The molecule has 1 fully saturated rings. The predicted molar refractivity (Wildman–Crippen MR) is 106 cm³/mol. The molecule has 2 heterocycles. The van der Waals surface area contributed by atoms with Crippen molar-refractivity contribution in [3.05, 3.63) is 52.8 Å². The quantitative estimate of drug-likeness (QED) is 0.690. The molecule has 10 heteroatoms. The Hall–Kier alpha value is -1.91. The predicted octanol–water partition coefficient (Wildman–Crippen LogP) is 1.13. The van der Waals surface area contributed by atoms with Crippen LogP contribution in [-0.4, -0.2) is 56.6 Å². The number of aryl methyl sites for hydroxylation is 1. The highest BCUT2D eigenvalue weighted by Gasteiger charge is 2.27. The maximum Gasteiger partial charge on any atom is 0.265 e. The molecule has 3 N–H and O–H groups in total. The molecular formula is C18H23ClN4O4S. The lowest BCUT2D eigenvalue weighted by atomic mass is 10.0. The van der Waals surface area contributed by atoms with Gasteiger partial charge in [-0.1, -0.05) is 29.8 Å². The Labute approximate surface area is 169 Å². The van der Waals surface area contributed by atoms with Crippen LogP contribution in [0.4, 0.5) is 0 Å². The second-order valence-electron chi connectivity index (χ2n) is 6.57. The lowest BCUT2D eigenvalue weighted by Crippen LogP contribution is -2.43. The van der Waals surface area contributed by atoms with E-state index < -0.39 is 15.9 Å². The molecule has 1 aliphatic rings. The minimum Gasteiger partial charge on any atom is -0.379 e. The molecule has 1 aliphatic heterocycles. The van der Waals surface area contributed by atoms with Crippen molar-refractivity contribution in [2.75, 3.05) is 32.8 Å². The van der Waals surface area contributed by atoms with Gasteiger partial charge in [0.1, 0.15) is 10.6 Å². The molecule has 0 aliphatic carbocycles. The van der Waals surface area contributed by atoms with Gasteiger partial charge in [-0.25, -0.2) is 13.1 Å². The zero-order chi connectivity index (χ0) is 20.3. The van der Waals surface area contributed by atoms with Gasteiger partial charge < -0.3 is 15.0 Å². The summed E-state index contributed by atoms with van der Waals surface area (Å²) in [6, 6.07) is 8.41. The summed E-state index contributed by atoms with van der Waals surface area (Å²) >= 11 is 6.37. The molecule has 1 aromatic carbocycles. The summed E-state index contributed by atoms with van der Waals surface area (Å²) in [6.45, 7) is 2.64. The summed E-state index contributed by atoms with van der Waals surface area (Å²) in [5.74, 6) is -0.689. The Kier molecular flexibility index (Phi) is 6.41. The van der Waals surface area contributed by atoms with Crippen LogP contribution in [0.3, 0.4) is 0 Å². The normalized spacial score (nSPS) is 16.8. The summed E-state index contributed by atoms with van der Waals surface area (Å²) < 4.78 is 35.0. The molecule has 1 atom stereocenters. The number of hydrogen-bond donors (Lipinski definition) is 2. The van der Waals surface area contributed by atoms with Gasteiger partial charge in [0.2, 0.25) is 10.0 Å². The van der Waals surface area contributed by atoms with Gasteiger partial charge in [-0.2, -0.15) is 0 Å². The van der Waals surface area contributed by atoms with Crippen LogP contribution in [0.1, 0.15) is 22.1 Å². The number of nitrogens with zero attached hydrogens (tertiary/aromatic N) is 2. The van der Waals surface area contributed by atoms with Crippen molar-refractivity contribution in [1.29, 1.82) is 0 Å². The molecule has 1 amide bonds.